The third-order valence-corrected chi connectivity index (χ3v) is 3.71. The first-order valence-corrected chi connectivity index (χ1v) is 6.92. The van der Waals surface area contributed by atoms with E-state index in [0.29, 0.717) is 12.8 Å². The molecule has 0 radical (unpaired) electrons. The highest BCUT2D eigenvalue weighted by atomic mass is 19.1. The number of ether oxygens (including phenoxy) is 1. The average molecular weight is 294 g/mol. The summed E-state index contributed by atoms with van der Waals surface area (Å²) in [5, 5.41) is 5.20. The first-order valence-electron chi connectivity index (χ1n) is 6.92. The molecule has 1 fully saturated rings. The highest BCUT2D eigenvalue weighted by molar-refractivity contribution is 5.90. The summed E-state index contributed by atoms with van der Waals surface area (Å²) in [7, 11) is 1.33. The van der Waals surface area contributed by atoms with Crippen molar-refractivity contribution in [3.8, 4) is 0 Å². The van der Waals surface area contributed by atoms with Crippen molar-refractivity contribution in [1.82, 2.24) is 5.32 Å². The van der Waals surface area contributed by atoms with Crippen LogP contribution in [0.15, 0.2) is 18.2 Å². The maximum absolute atomic E-state index is 13.6. The van der Waals surface area contributed by atoms with Gasteiger partial charge in [0, 0.05) is 6.04 Å². The van der Waals surface area contributed by atoms with Gasteiger partial charge in [-0.1, -0.05) is 12.5 Å². The van der Waals surface area contributed by atoms with Crippen LogP contribution in [0.1, 0.15) is 24.8 Å². The molecule has 1 saturated carbocycles. The van der Waals surface area contributed by atoms with Crippen LogP contribution < -0.4 is 10.6 Å². The smallest absolute Gasteiger partial charge is 0.319 e. The second-order valence-electron chi connectivity index (χ2n) is 5.25. The van der Waals surface area contributed by atoms with Crippen LogP contribution in [0.2, 0.25) is 0 Å². The van der Waals surface area contributed by atoms with E-state index >= 15 is 0 Å². The Morgan fingerprint density at radius 2 is 2.10 bits per heavy atom. The summed E-state index contributed by atoms with van der Waals surface area (Å²) in [6.07, 6.45) is 2.25. The molecule has 2 N–H and O–H groups in total. The maximum Gasteiger partial charge on any atom is 0.319 e. The van der Waals surface area contributed by atoms with Gasteiger partial charge in [-0.3, -0.25) is 4.79 Å². The van der Waals surface area contributed by atoms with Crippen molar-refractivity contribution in [1.29, 1.82) is 0 Å². The van der Waals surface area contributed by atoms with Crippen LogP contribution in [0.25, 0.3) is 0 Å². The van der Waals surface area contributed by atoms with Crippen molar-refractivity contribution in [2.45, 2.75) is 32.2 Å². The van der Waals surface area contributed by atoms with E-state index in [-0.39, 0.29) is 23.6 Å². The lowest BCUT2D eigenvalue weighted by Gasteiger charge is -2.19. The lowest BCUT2D eigenvalue weighted by atomic mass is 10.0. The molecule has 2 rings (SSSR count). The fourth-order valence-electron chi connectivity index (χ4n) is 2.63. The number of amides is 2. The van der Waals surface area contributed by atoms with Crippen molar-refractivity contribution in [2.24, 2.45) is 5.92 Å². The van der Waals surface area contributed by atoms with Crippen LogP contribution >= 0.6 is 0 Å². The number of nitrogens with one attached hydrogen (secondary N) is 2. The number of esters is 1. The molecule has 6 heteroatoms. The van der Waals surface area contributed by atoms with Gasteiger partial charge in [-0.2, -0.15) is 0 Å². The molecule has 1 aliphatic rings. The Bertz CT molecular complexity index is 548. The SMILES string of the molecule is COC(=O)[C@@H]1CCC[C@H]1NC(=O)Nc1cc(C)ccc1F. The largest absolute Gasteiger partial charge is 0.469 e. The average Bonchev–Trinajstić information content (AvgIpc) is 2.90. The number of aryl methyl sites for hydroxylation is 1. The Kier molecular flexibility index (Phi) is 4.77. The molecule has 1 aliphatic carbocycles. The van der Waals surface area contributed by atoms with E-state index in [0.717, 1.165) is 12.0 Å². The van der Waals surface area contributed by atoms with E-state index in [9.17, 15) is 14.0 Å². The molecule has 21 heavy (non-hydrogen) atoms. The Morgan fingerprint density at radius 1 is 1.33 bits per heavy atom. The van der Waals surface area contributed by atoms with Crippen molar-refractivity contribution in [3.63, 3.8) is 0 Å². The molecule has 5 nitrogen and oxygen atoms in total. The van der Waals surface area contributed by atoms with Gasteiger partial charge in [-0.25, -0.2) is 9.18 Å². The summed E-state index contributed by atoms with van der Waals surface area (Å²) in [5.41, 5.74) is 0.972. The highest BCUT2D eigenvalue weighted by Gasteiger charge is 2.34. The van der Waals surface area contributed by atoms with Crippen LogP contribution in [0.5, 0.6) is 0 Å². The zero-order valence-electron chi connectivity index (χ0n) is 12.1. The molecule has 114 valence electrons. The van der Waals surface area contributed by atoms with E-state index in [1.807, 2.05) is 6.92 Å². The van der Waals surface area contributed by atoms with Gasteiger partial charge in [-0.15, -0.1) is 0 Å². The van der Waals surface area contributed by atoms with E-state index in [1.54, 1.807) is 12.1 Å². The normalized spacial score (nSPS) is 20.9. The van der Waals surface area contributed by atoms with E-state index in [2.05, 4.69) is 10.6 Å². The minimum absolute atomic E-state index is 0.125. The fourth-order valence-corrected chi connectivity index (χ4v) is 2.63. The zero-order chi connectivity index (χ0) is 15.4. The molecular weight excluding hydrogens is 275 g/mol. The number of carbonyl (C=O) groups excluding carboxylic acids is 2. The minimum Gasteiger partial charge on any atom is -0.469 e. The number of benzene rings is 1. The molecule has 2 atom stereocenters. The number of hydrogen-bond donors (Lipinski definition) is 2. The van der Waals surface area contributed by atoms with Gasteiger partial charge in [-0.05, 0) is 37.5 Å². The molecule has 0 aromatic heterocycles. The van der Waals surface area contributed by atoms with Gasteiger partial charge in [0.1, 0.15) is 5.82 Å². The van der Waals surface area contributed by atoms with Crippen LogP contribution in [-0.4, -0.2) is 25.2 Å². The number of halogens is 1. The van der Waals surface area contributed by atoms with Gasteiger partial charge in [0.2, 0.25) is 0 Å². The lowest BCUT2D eigenvalue weighted by Crippen LogP contribution is -2.42. The fraction of sp³-hybridized carbons (Fsp3) is 0.467. The first kappa shape index (κ1) is 15.3. The number of urea groups is 1. The number of carbonyl (C=O) groups is 2. The summed E-state index contributed by atoms with van der Waals surface area (Å²) in [4.78, 5) is 23.6. The monoisotopic (exact) mass is 294 g/mol. The van der Waals surface area contributed by atoms with Gasteiger partial charge >= 0.3 is 12.0 Å². The van der Waals surface area contributed by atoms with E-state index in [1.165, 1.54) is 13.2 Å². The van der Waals surface area contributed by atoms with Crippen LogP contribution in [0.4, 0.5) is 14.9 Å². The third kappa shape index (κ3) is 3.71. The van der Waals surface area contributed by atoms with Crippen LogP contribution in [0.3, 0.4) is 0 Å². The second kappa shape index (κ2) is 6.56. The van der Waals surface area contributed by atoms with Crippen molar-refractivity contribution >= 4 is 17.7 Å². The minimum atomic E-state index is -0.514. The molecule has 0 unspecified atom stereocenters. The zero-order valence-corrected chi connectivity index (χ0v) is 12.1. The van der Waals surface area contributed by atoms with Crippen LogP contribution in [0, 0.1) is 18.7 Å². The number of methoxy groups -OCH3 is 1. The molecule has 0 heterocycles. The predicted octanol–water partition coefficient (Wildman–Crippen LogP) is 2.60. The standard InChI is InChI=1S/C15H19FN2O3/c1-9-6-7-11(16)13(8-9)18-15(20)17-12-5-3-4-10(12)14(19)21-2/h6-8,10,12H,3-5H2,1-2H3,(H2,17,18,20)/t10-,12-/m1/s1. The van der Waals surface area contributed by atoms with Gasteiger partial charge in [0.25, 0.3) is 0 Å². The summed E-state index contributed by atoms with van der Waals surface area (Å²) < 4.78 is 18.3. The quantitative estimate of drug-likeness (QED) is 0.842. The molecule has 0 saturated heterocycles. The van der Waals surface area contributed by atoms with Crippen molar-refractivity contribution < 1.29 is 18.7 Å². The van der Waals surface area contributed by atoms with Gasteiger partial charge in [0.15, 0.2) is 0 Å². The topological polar surface area (TPSA) is 67.4 Å². The summed E-state index contributed by atoms with van der Waals surface area (Å²) in [6.45, 7) is 1.81. The molecular formula is C15H19FN2O3. The van der Waals surface area contributed by atoms with Crippen molar-refractivity contribution in [3.05, 3.63) is 29.6 Å². The third-order valence-electron chi connectivity index (χ3n) is 3.71. The lowest BCUT2D eigenvalue weighted by molar-refractivity contribution is -0.145. The Hall–Kier alpha value is -2.11. The Labute approximate surface area is 122 Å². The highest BCUT2D eigenvalue weighted by Crippen LogP contribution is 2.27. The molecule has 1 aromatic carbocycles. The number of rotatable bonds is 3. The van der Waals surface area contributed by atoms with Crippen molar-refractivity contribution in [2.75, 3.05) is 12.4 Å². The summed E-state index contributed by atoms with van der Waals surface area (Å²) in [6, 6.07) is 3.70. The van der Waals surface area contributed by atoms with E-state index in [4.69, 9.17) is 4.74 Å². The first-order chi connectivity index (χ1) is 10.0. The van der Waals surface area contributed by atoms with Crippen LogP contribution in [-0.2, 0) is 9.53 Å². The molecule has 0 bridgehead atoms. The second-order valence-corrected chi connectivity index (χ2v) is 5.25. The van der Waals surface area contributed by atoms with E-state index < -0.39 is 11.8 Å². The summed E-state index contributed by atoms with van der Waals surface area (Å²) >= 11 is 0. The molecule has 1 aromatic rings. The number of hydrogen-bond acceptors (Lipinski definition) is 3. The number of anilines is 1. The Balaban J connectivity index is 1.98. The maximum atomic E-state index is 13.6. The van der Waals surface area contributed by atoms with Gasteiger partial charge in [0.05, 0.1) is 18.7 Å². The predicted molar refractivity (Wildman–Crippen MR) is 76.4 cm³/mol. The Morgan fingerprint density at radius 3 is 2.81 bits per heavy atom. The molecule has 0 aliphatic heterocycles. The van der Waals surface area contributed by atoms with Gasteiger partial charge < -0.3 is 15.4 Å². The molecule has 2 amide bonds. The summed E-state index contributed by atoms with van der Waals surface area (Å²) in [5.74, 6) is -1.14. The molecule has 0 spiro atoms.